The third-order valence-electron chi connectivity index (χ3n) is 4.67. The van der Waals surface area contributed by atoms with Crippen molar-refractivity contribution in [3.8, 4) is 5.75 Å². The number of aromatic nitrogens is 1. The Kier molecular flexibility index (Phi) is 3.61. The van der Waals surface area contributed by atoms with Crippen LogP contribution in [0, 0.1) is 0 Å². The molecular formula is C18H18N2O4. The van der Waals surface area contributed by atoms with Crippen LogP contribution < -0.4 is 15.5 Å². The highest BCUT2D eigenvalue weighted by molar-refractivity contribution is 5.96. The van der Waals surface area contributed by atoms with Crippen LogP contribution in [0.3, 0.4) is 0 Å². The minimum atomic E-state index is -0.332. The van der Waals surface area contributed by atoms with E-state index in [1.807, 2.05) is 34.9 Å². The highest BCUT2D eigenvalue weighted by Crippen LogP contribution is 2.33. The molecule has 124 valence electrons. The molecule has 0 bridgehead atoms. The second-order valence-corrected chi connectivity index (χ2v) is 6.21. The van der Waals surface area contributed by atoms with E-state index < -0.39 is 0 Å². The average Bonchev–Trinajstić information content (AvgIpc) is 3.08. The van der Waals surface area contributed by atoms with Crippen molar-refractivity contribution >= 4 is 5.91 Å². The van der Waals surface area contributed by atoms with Crippen molar-refractivity contribution in [1.82, 2.24) is 9.88 Å². The van der Waals surface area contributed by atoms with Gasteiger partial charge >= 0.3 is 0 Å². The minimum absolute atomic E-state index is 0.102. The molecule has 2 aliphatic rings. The van der Waals surface area contributed by atoms with Gasteiger partial charge in [-0.05, 0) is 12.0 Å². The van der Waals surface area contributed by atoms with E-state index >= 15 is 0 Å². The topological polar surface area (TPSA) is 69.6 Å². The monoisotopic (exact) mass is 326 g/mol. The number of carbonyl (C=O) groups excluding carboxylic acids is 1. The Hall–Kier alpha value is -2.60. The van der Waals surface area contributed by atoms with Crippen molar-refractivity contribution < 1.29 is 14.3 Å². The normalized spacial score (nSPS) is 22.2. The number of benzene rings is 1. The number of amides is 1. The molecule has 2 aliphatic heterocycles. The fraction of sp³-hybridized carbons (Fsp3) is 0.333. The summed E-state index contributed by atoms with van der Waals surface area (Å²) in [5.74, 6) is -0.182. The highest BCUT2D eigenvalue weighted by Gasteiger charge is 2.43. The molecule has 1 saturated heterocycles. The lowest BCUT2D eigenvalue weighted by atomic mass is 9.94. The maximum absolute atomic E-state index is 12.4. The van der Waals surface area contributed by atoms with Gasteiger partial charge in [0, 0.05) is 25.4 Å². The third kappa shape index (κ3) is 2.39. The van der Waals surface area contributed by atoms with Crippen molar-refractivity contribution in [2.75, 3.05) is 19.8 Å². The molecule has 6 nitrogen and oxygen atoms in total. The Morgan fingerprint density at radius 2 is 2.04 bits per heavy atom. The van der Waals surface area contributed by atoms with Crippen LogP contribution in [0.2, 0.25) is 0 Å². The number of nitrogens with zero attached hydrogens (tertiary/aromatic N) is 1. The van der Waals surface area contributed by atoms with Gasteiger partial charge in [0.1, 0.15) is 6.61 Å². The summed E-state index contributed by atoms with van der Waals surface area (Å²) in [7, 11) is 0. The number of rotatable bonds is 3. The Bertz CT molecular complexity index is 823. The van der Waals surface area contributed by atoms with Gasteiger partial charge in [0.25, 0.3) is 5.91 Å². The molecule has 1 amide bonds. The SMILES string of the molecule is O=C1NCC2(CCOC2)n2ccc(=O)c(OCc3ccccc3)c21. The van der Waals surface area contributed by atoms with Gasteiger partial charge < -0.3 is 19.4 Å². The number of fused-ring (bicyclic) bond motifs is 2. The first kappa shape index (κ1) is 15.0. The molecule has 0 saturated carbocycles. The van der Waals surface area contributed by atoms with Gasteiger partial charge in [-0.15, -0.1) is 0 Å². The molecule has 0 aliphatic carbocycles. The molecule has 1 fully saturated rings. The molecule has 1 atom stereocenters. The Balaban J connectivity index is 1.74. The Labute approximate surface area is 139 Å². The van der Waals surface area contributed by atoms with E-state index in [-0.39, 0.29) is 34.9 Å². The van der Waals surface area contributed by atoms with E-state index in [0.717, 1.165) is 12.0 Å². The molecular weight excluding hydrogens is 308 g/mol. The smallest absolute Gasteiger partial charge is 0.272 e. The molecule has 1 spiro atoms. The first-order valence-electron chi connectivity index (χ1n) is 7.98. The molecule has 1 aromatic carbocycles. The molecule has 2 aromatic rings. The zero-order valence-electron chi connectivity index (χ0n) is 13.2. The van der Waals surface area contributed by atoms with E-state index in [9.17, 15) is 9.59 Å². The quantitative estimate of drug-likeness (QED) is 0.923. The number of hydrogen-bond acceptors (Lipinski definition) is 4. The summed E-state index contributed by atoms with van der Waals surface area (Å²) in [6, 6.07) is 11.0. The molecule has 1 aromatic heterocycles. The van der Waals surface area contributed by atoms with Crippen LogP contribution >= 0.6 is 0 Å². The molecule has 4 rings (SSSR count). The molecule has 24 heavy (non-hydrogen) atoms. The number of carbonyl (C=O) groups is 1. The van der Waals surface area contributed by atoms with Crippen molar-refractivity contribution in [2.24, 2.45) is 0 Å². The van der Waals surface area contributed by atoms with Crippen LogP contribution in [0.1, 0.15) is 22.5 Å². The lowest BCUT2D eigenvalue weighted by Gasteiger charge is -2.37. The van der Waals surface area contributed by atoms with E-state index in [2.05, 4.69) is 5.32 Å². The van der Waals surface area contributed by atoms with E-state index in [1.165, 1.54) is 6.07 Å². The molecule has 6 heteroatoms. The van der Waals surface area contributed by atoms with Crippen molar-refractivity contribution in [1.29, 1.82) is 0 Å². The zero-order valence-corrected chi connectivity index (χ0v) is 13.2. The first-order chi connectivity index (χ1) is 11.7. The molecule has 1 unspecified atom stereocenters. The van der Waals surface area contributed by atoms with E-state index in [1.54, 1.807) is 6.20 Å². The van der Waals surface area contributed by atoms with Gasteiger partial charge in [-0.3, -0.25) is 9.59 Å². The summed E-state index contributed by atoms with van der Waals surface area (Å²) in [4.78, 5) is 24.7. The summed E-state index contributed by atoms with van der Waals surface area (Å²) >= 11 is 0. The first-order valence-corrected chi connectivity index (χ1v) is 7.98. The number of ether oxygens (including phenoxy) is 2. The fourth-order valence-electron chi connectivity index (χ4n) is 3.34. The van der Waals surface area contributed by atoms with Crippen molar-refractivity contribution in [2.45, 2.75) is 18.6 Å². The van der Waals surface area contributed by atoms with Gasteiger partial charge in [-0.1, -0.05) is 30.3 Å². The third-order valence-corrected chi connectivity index (χ3v) is 4.67. The summed E-state index contributed by atoms with van der Waals surface area (Å²) < 4.78 is 13.2. The summed E-state index contributed by atoms with van der Waals surface area (Å²) in [6.45, 7) is 1.90. The highest BCUT2D eigenvalue weighted by atomic mass is 16.5. The Morgan fingerprint density at radius 3 is 2.79 bits per heavy atom. The molecule has 0 radical (unpaired) electrons. The van der Waals surface area contributed by atoms with Gasteiger partial charge in [0.15, 0.2) is 11.4 Å². The maximum atomic E-state index is 12.4. The second-order valence-electron chi connectivity index (χ2n) is 6.21. The summed E-state index contributed by atoms with van der Waals surface area (Å²) in [5.41, 5.74) is 0.607. The molecule has 1 N–H and O–H groups in total. The van der Waals surface area contributed by atoms with Crippen LogP contribution in [-0.2, 0) is 16.9 Å². The fourth-order valence-corrected chi connectivity index (χ4v) is 3.34. The van der Waals surface area contributed by atoms with Crippen LogP contribution in [-0.4, -0.2) is 30.2 Å². The van der Waals surface area contributed by atoms with Gasteiger partial charge in [0.2, 0.25) is 5.43 Å². The molecule has 3 heterocycles. The van der Waals surface area contributed by atoms with Crippen LogP contribution in [0.5, 0.6) is 5.75 Å². The van der Waals surface area contributed by atoms with Gasteiger partial charge in [-0.25, -0.2) is 0 Å². The van der Waals surface area contributed by atoms with Crippen molar-refractivity contribution in [3.05, 3.63) is 64.1 Å². The predicted molar refractivity (Wildman–Crippen MR) is 87.2 cm³/mol. The zero-order chi connectivity index (χ0) is 16.6. The van der Waals surface area contributed by atoms with Crippen LogP contribution in [0.25, 0.3) is 0 Å². The largest absolute Gasteiger partial charge is 0.483 e. The minimum Gasteiger partial charge on any atom is -0.483 e. The van der Waals surface area contributed by atoms with Crippen molar-refractivity contribution in [3.63, 3.8) is 0 Å². The summed E-state index contributed by atoms with van der Waals surface area (Å²) in [6.07, 6.45) is 2.47. The van der Waals surface area contributed by atoms with Crippen LogP contribution in [0.4, 0.5) is 0 Å². The van der Waals surface area contributed by atoms with Gasteiger partial charge in [0.05, 0.1) is 12.1 Å². The lowest BCUT2D eigenvalue weighted by Crippen LogP contribution is -2.53. The number of pyridine rings is 1. The number of hydrogen-bond donors (Lipinski definition) is 1. The predicted octanol–water partition coefficient (Wildman–Crippen LogP) is 1.29. The van der Waals surface area contributed by atoms with E-state index in [4.69, 9.17) is 9.47 Å². The van der Waals surface area contributed by atoms with Gasteiger partial charge in [-0.2, -0.15) is 0 Å². The summed E-state index contributed by atoms with van der Waals surface area (Å²) in [5, 5.41) is 2.88. The second kappa shape index (κ2) is 5.79. The average molecular weight is 326 g/mol. The standard InChI is InChI=1S/C18H18N2O4/c21-14-6-8-20-15(16(14)24-10-13-4-2-1-3-5-13)17(22)19-11-18(20)7-9-23-12-18/h1-6,8H,7,9-12H2,(H,19,22). The van der Waals surface area contributed by atoms with Crippen LogP contribution in [0.15, 0.2) is 47.4 Å². The Morgan fingerprint density at radius 1 is 1.21 bits per heavy atom. The number of nitrogens with one attached hydrogen (secondary N) is 1. The maximum Gasteiger partial charge on any atom is 0.272 e. The van der Waals surface area contributed by atoms with E-state index in [0.29, 0.717) is 19.8 Å². The lowest BCUT2D eigenvalue weighted by molar-refractivity contribution is 0.0830.